The van der Waals surface area contributed by atoms with E-state index in [1.54, 1.807) is 6.07 Å². The minimum atomic E-state index is -0.646. The lowest BCUT2D eigenvalue weighted by atomic mass is 9.33. The van der Waals surface area contributed by atoms with Gasteiger partial charge in [-0.1, -0.05) is 78.9 Å². The van der Waals surface area contributed by atoms with Crippen molar-refractivity contribution >= 4 is 101 Å². The third-order valence-corrected chi connectivity index (χ3v) is 10.2. The summed E-state index contributed by atoms with van der Waals surface area (Å²) in [7, 11) is 0. The number of rotatable bonds is 2. The van der Waals surface area contributed by atoms with E-state index in [9.17, 15) is 5.11 Å². The van der Waals surface area contributed by atoms with Gasteiger partial charge in [-0.2, -0.15) is 0 Å². The molecule has 7 aromatic carbocycles. The number of aromatic hydroxyl groups is 1. The summed E-state index contributed by atoms with van der Waals surface area (Å²) < 4.78 is 29.9. The molecular weight excluding hydrogens is 610 g/mol. The highest BCUT2D eigenvalue weighted by Gasteiger charge is 2.48. The maximum Gasteiger partial charge on any atom is 0.260 e. The van der Waals surface area contributed by atoms with Crippen molar-refractivity contribution in [2.24, 2.45) is 0 Å². The fraction of sp³-hybridized carbons (Fsp3) is 0. The number of phenols is 1. The Kier molecular flexibility index (Phi) is 5.18. The number of halogens is 1. The molecule has 5 nitrogen and oxygen atoms in total. The minimum Gasteiger partial charge on any atom is -0.508 e. The van der Waals surface area contributed by atoms with Gasteiger partial charge < -0.3 is 23.7 Å². The van der Waals surface area contributed by atoms with E-state index in [2.05, 4.69) is 40.1 Å². The summed E-state index contributed by atoms with van der Waals surface area (Å²) in [6, 6.07) is 45.4. The molecule has 0 saturated heterocycles. The van der Waals surface area contributed by atoms with Crippen LogP contribution < -0.4 is 26.2 Å². The van der Waals surface area contributed by atoms with Crippen molar-refractivity contribution in [2.45, 2.75) is 0 Å². The third kappa shape index (κ3) is 3.43. The normalized spacial score (nSPS) is 13.4. The van der Waals surface area contributed by atoms with E-state index in [-0.39, 0.29) is 5.75 Å². The van der Waals surface area contributed by atoms with Crippen LogP contribution in [-0.2, 0) is 0 Å². The van der Waals surface area contributed by atoms with Crippen LogP contribution in [0.2, 0.25) is 0 Å². The van der Waals surface area contributed by atoms with Gasteiger partial charge in [0, 0.05) is 45.7 Å². The monoisotopic (exact) mass is 634 g/mol. The number of phenolic OH excluding ortho intramolecular Hbond substituents is 1. The van der Waals surface area contributed by atoms with Gasteiger partial charge in [-0.15, -0.1) is 0 Å². The lowest BCUT2D eigenvalue weighted by molar-refractivity contribution is 0.479. The summed E-state index contributed by atoms with van der Waals surface area (Å²) in [5.74, 6) is -0.354. The molecule has 7 heteroatoms. The maximum atomic E-state index is 17.3. The van der Waals surface area contributed by atoms with E-state index in [0.717, 1.165) is 61.0 Å². The molecule has 49 heavy (non-hydrogen) atoms. The Bertz CT molecular complexity index is 2640. The zero-order chi connectivity index (χ0) is 32.4. The van der Waals surface area contributed by atoms with Gasteiger partial charge in [-0.3, -0.25) is 0 Å². The highest BCUT2D eigenvalue weighted by molar-refractivity contribution is 7.01. The van der Waals surface area contributed by atoms with Crippen LogP contribution in [-0.4, -0.2) is 11.8 Å². The maximum absolute atomic E-state index is 17.3. The smallest absolute Gasteiger partial charge is 0.260 e. The number of furan rings is 2. The largest absolute Gasteiger partial charge is 0.508 e. The molecule has 0 fully saturated rings. The van der Waals surface area contributed by atoms with E-state index in [1.807, 2.05) is 97.1 Å². The molecule has 4 heterocycles. The first-order valence-corrected chi connectivity index (χ1v) is 16.3. The number of hydrogen-bond acceptors (Lipinski definition) is 5. The number of para-hydroxylation sites is 4. The summed E-state index contributed by atoms with van der Waals surface area (Å²) in [4.78, 5) is 4.36. The molecule has 0 aliphatic carbocycles. The molecule has 0 saturated carbocycles. The molecule has 1 N–H and O–H groups in total. The number of hydrogen-bond donors (Lipinski definition) is 1. The van der Waals surface area contributed by atoms with Gasteiger partial charge in [0.05, 0.1) is 22.1 Å². The number of fused-ring (bicyclic) bond motifs is 12. The Morgan fingerprint density at radius 1 is 0.490 bits per heavy atom. The molecular formula is C42H24BFN2O3. The molecule has 0 amide bonds. The van der Waals surface area contributed by atoms with Crippen molar-refractivity contribution in [3.05, 3.63) is 145 Å². The second kappa shape index (κ2) is 9.55. The Labute approximate surface area is 279 Å². The molecule has 2 aliphatic rings. The first-order chi connectivity index (χ1) is 24.2. The van der Waals surface area contributed by atoms with Gasteiger partial charge in [-0.05, 0) is 64.9 Å². The average Bonchev–Trinajstić information content (AvgIpc) is 3.70. The van der Waals surface area contributed by atoms with E-state index >= 15 is 4.39 Å². The van der Waals surface area contributed by atoms with E-state index in [1.165, 1.54) is 6.07 Å². The Hall–Kier alpha value is -6.47. The van der Waals surface area contributed by atoms with Crippen molar-refractivity contribution in [1.82, 2.24) is 0 Å². The minimum absolute atomic E-state index is 0.0450. The fourth-order valence-corrected chi connectivity index (χ4v) is 8.33. The van der Waals surface area contributed by atoms with Crippen LogP contribution in [0.3, 0.4) is 0 Å². The average molecular weight is 634 g/mol. The highest BCUT2D eigenvalue weighted by Crippen LogP contribution is 2.51. The Balaban J connectivity index is 1.37. The van der Waals surface area contributed by atoms with Crippen molar-refractivity contribution in [1.29, 1.82) is 0 Å². The van der Waals surface area contributed by atoms with Crippen molar-refractivity contribution < 1.29 is 18.3 Å². The topological polar surface area (TPSA) is 53.0 Å². The Morgan fingerprint density at radius 3 is 1.55 bits per heavy atom. The predicted octanol–water partition coefficient (Wildman–Crippen LogP) is 9.41. The predicted molar refractivity (Wildman–Crippen MR) is 197 cm³/mol. The molecule has 2 aromatic heterocycles. The fourth-order valence-electron chi connectivity index (χ4n) is 8.33. The van der Waals surface area contributed by atoms with Crippen LogP contribution in [0.1, 0.15) is 0 Å². The molecule has 230 valence electrons. The summed E-state index contributed by atoms with van der Waals surface area (Å²) in [5, 5.41) is 15.7. The van der Waals surface area contributed by atoms with Gasteiger partial charge in [0.15, 0.2) is 0 Å². The summed E-state index contributed by atoms with van der Waals surface area (Å²) in [6.07, 6.45) is 0. The number of benzene rings is 7. The van der Waals surface area contributed by atoms with Crippen molar-refractivity contribution in [3.8, 4) is 5.75 Å². The molecule has 9 aromatic rings. The molecule has 2 aliphatic heterocycles. The highest BCUT2D eigenvalue weighted by atomic mass is 19.1. The van der Waals surface area contributed by atoms with E-state index in [0.29, 0.717) is 33.4 Å². The van der Waals surface area contributed by atoms with Gasteiger partial charge in [0.25, 0.3) is 6.71 Å². The van der Waals surface area contributed by atoms with Crippen LogP contribution in [0.5, 0.6) is 5.75 Å². The van der Waals surface area contributed by atoms with Gasteiger partial charge in [-0.25, -0.2) is 4.39 Å². The summed E-state index contributed by atoms with van der Waals surface area (Å²) in [6.45, 7) is -0.646. The van der Waals surface area contributed by atoms with Crippen molar-refractivity contribution in [3.63, 3.8) is 0 Å². The summed E-state index contributed by atoms with van der Waals surface area (Å²) >= 11 is 0. The van der Waals surface area contributed by atoms with Crippen LogP contribution in [0.4, 0.5) is 38.5 Å². The standard InChI is InChI=1S/C42H24BFN2O3/c44-28-22-34-36(26-16-7-9-20-32(26)48-34)41-38(28)43-39-29(45(41)24-12-3-1-4-13-24)18-11-19-30(39)46(25-14-5-2-6-15-25)42-37-27-17-8-10-21-33(27)49-35(37)23-31(47)40(42)43/h1-23,47H. The van der Waals surface area contributed by atoms with Crippen LogP contribution in [0.15, 0.2) is 148 Å². The summed E-state index contributed by atoms with van der Waals surface area (Å²) in [5.41, 5.74) is 9.56. The van der Waals surface area contributed by atoms with Gasteiger partial charge in [0.2, 0.25) is 0 Å². The molecule has 0 atom stereocenters. The zero-order valence-electron chi connectivity index (χ0n) is 25.9. The van der Waals surface area contributed by atoms with Crippen molar-refractivity contribution in [2.75, 3.05) is 9.80 Å². The Morgan fingerprint density at radius 2 is 0.980 bits per heavy atom. The van der Waals surface area contributed by atoms with E-state index < -0.39 is 12.5 Å². The van der Waals surface area contributed by atoms with Crippen LogP contribution >= 0.6 is 0 Å². The van der Waals surface area contributed by atoms with Gasteiger partial charge >= 0.3 is 0 Å². The second-order valence-corrected chi connectivity index (χ2v) is 12.7. The molecule has 0 spiro atoms. The van der Waals surface area contributed by atoms with Crippen LogP contribution in [0.25, 0.3) is 43.9 Å². The first kappa shape index (κ1) is 26.6. The van der Waals surface area contributed by atoms with Gasteiger partial charge in [0.1, 0.15) is 33.9 Å². The SMILES string of the molecule is Oc1cc2oc3ccccc3c2c2c1B1c3c(cccc3N(c3ccccc3)c3c1c(F)cc1oc4ccccc4c31)N2c1ccccc1. The first-order valence-electron chi connectivity index (χ1n) is 16.3. The number of anilines is 6. The molecule has 0 radical (unpaired) electrons. The number of nitrogens with zero attached hydrogens (tertiary/aromatic N) is 2. The van der Waals surface area contributed by atoms with Crippen LogP contribution in [0, 0.1) is 5.82 Å². The van der Waals surface area contributed by atoms with E-state index in [4.69, 9.17) is 8.83 Å². The zero-order valence-corrected chi connectivity index (χ0v) is 25.9. The third-order valence-electron chi connectivity index (χ3n) is 10.2. The lowest BCUT2D eigenvalue weighted by Gasteiger charge is -2.44. The lowest BCUT2D eigenvalue weighted by Crippen LogP contribution is -2.62. The molecule has 11 rings (SSSR count). The second-order valence-electron chi connectivity index (χ2n) is 12.7. The quantitative estimate of drug-likeness (QED) is 0.192. The molecule has 0 bridgehead atoms. The molecule has 0 unspecified atom stereocenters.